The monoisotopic (exact) mass is 352 g/mol. The van der Waals surface area contributed by atoms with Crippen molar-refractivity contribution in [3.63, 3.8) is 0 Å². The molecular formula is C20H24N4O2. The SMILES string of the molecule is CCn1cnc2c(c1=O)CCN(C1CCCN(c3ccccc3)C1=O)C2. The largest absolute Gasteiger partial charge is 0.311 e. The molecule has 2 aliphatic heterocycles. The number of hydrogen-bond donors (Lipinski definition) is 0. The Hall–Kier alpha value is -2.47. The van der Waals surface area contributed by atoms with Gasteiger partial charge in [-0.15, -0.1) is 0 Å². The number of anilines is 1. The van der Waals surface area contributed by atoms with E-state index >= 15 is 0 Å². The molecule has 1 aromatic carbocycles. The van der Waals surface area contributed by atoms with Gasteiger partial charge in [-0.05, 0) is 38.3 Å². The second-order valence-corrected chi connectivity index (χ2v) is 6.96. The van der Waals surface area contributed by atoms with Gasteiger partial charge in [-0.2, -0.15) is 0 Å². The molecule has 4 rings (SSSR count). The number of carbonyl (C=O) groups is 1. The third-order valence-corrected chi connectivity index (χ3v) is 5.48. The van der Waals surface area contributed by atoms with Crippen molar-refractivity contribution in [2.75, 3.05) is 18.0 Å². The fourth-order valence-corrected chi connectivity index (χ4v) is 4.03. The normalized spacial score (nSPS) is 20.9. The van der Waals surface area contributed by atoms with Gasteiger partial charge in [-0.25, -0.2) is 4.98 Å². The van der Waals surface area contributed by atoms with Crippen molar-refractivity contribution < 1.29 is 4.79 Å². The van der Waals surface area contributed by atoms with Crippen molar-refractivity contribution in [1.82, 2.24) is 14.5 Å². The zero-order valence-corrected chi connectivity index (χ0v) is 15.1. The van der Waals surface area contributed by atoms with Gasteiger partial charge in [0.25, 0.3) is 5.56 Å². The van der Waals surface area contributed by atoms with Gasteiger partial charge >= 0.3 is 0 Å². The van der Waals surface area contributed by atoms with Crippen LogP contribution in [0.1, 0.15) is 31.0 Å². The molecule has 1 unspecified atom stereocenters. The van der Waals surface area contributed by atoms with Crippen LogP contribution >= 0.6 is 0 Å². The van der Waals surface area contributed by atoms with Crippen molar-refractivity contribution in [2.45, 2.75) is 45.3 Å². The number of fused-ring (bicyclic) bond motifs is 1. The van der Waals surface area contributed by atoms with Gasteiger partial charge in [0, 0.05) is 37.4 Å². The lowest BCUT2D eigenvalue weighted by Crippen LogP contribution is -2.54. The van der Waals surface area contributed by atoms with E-state index in [0.717, 1.165) is 42.9 Å². The number of aromatic nitrogens is 2. The Kier molecular flexibility index (Phi) is 4.59. The van der Waals surface area contributed by atoms with Crippen LogP contribution in [0.3, 0.4) is 0 Å². The van der Waals surface area contributed by atoms with Crippen LogP contribution in [0, 0.1) is 0 Å². The number of amides is 1. The maximum atomic E-state index is 13.1. The van der Waals surface area contributed by atoms with Gasteiger partial charge < -0.3 is 4.90 Å². The van der Waals surface area contributed by atoms with E-state index in [4.69, 9.17) is 0 Å². The fourth-order valence-electron chi connectivity index (χ4n) is 4.03. The molecule has 1 saturated heterocycles. The summed E-state index contributed by atoms with van der Waals surface area (Å²) in [6.07, 6.45) is 4.14. The average Bonchev–Trinajstić information content (AvgIpc) is 2.69. The lowest BCUT2D eigenvalue weighted by atomic mass is 9.98. The Morgan fingerprint density at radius 2 is 1.96 bits per heavy atom. The Balaban J connectivity index is 1.56. The Labute approximate surface area is 153 Å². The van der Waals surface area contributed by atoms with E-state index in [0.29, 0.717) is 19.5 Å². The molecule has 1 atom stereocenters. The first-order chi connectivity index (χ1) is 12.7. The highest BCUT2D eigenvalue weighted by Crippen LogP contribution is 2.26. The van der Waals surface area contributed by atoms with Crippen LogP contribution in [-0.2, 0) is 24.3 Å². The Morgan fingerprint density at radius 3 is 2.73 bits per heavy atom. The second kappa shape index (κ2) is 7.03. The summed E-state index contributed by atoms with van der Waals surface area (Å²) in [5.74, 6) is 0.160. The number of para-hydroxylation sites is 1. The van der Waals surface area contributed by atoms with E-state index < -0.39 is 0 Å². The highest BCUT2D eigenvalue weighted by Gasteiger charge is 2.36. The minimum Gasteiger partial charge on any atom is -0.311 e. The molecule has 0 N–H and O–H groups in total. The van der Waals surface area contributed by atoms with Crippen LogP contribution in [0.4, 0.5) is 5.69 Å². The molecule has 2 aliphatic rings. The predicted molar refractivity (Wildman–Crippen MR) is 100 cm³/mol. The number of hydrogen-bond acceptors (Lipinski definition) is 4. The number of benzene rings is 1. The minimum absolute atomic E-state index is 0.0676. The third-order valence-electron chi connectivity index (χ3n) is 5.48. The van der Waals surface area contributed by atoms with Crippen LogP contribution in [0.5, 0.6) is 0 Å². The smallest absolute Gasteiger partial charge is 0.256 e. The van der Waals surface area contributed by atoms with Gasteiger partial charge in [0.1, 0.15) is 0 Å². The molecule has 26 heavy (non-hydrogen) atoms. The molecule has 1 aromatic heterocycles. The van der Waals surface area contributed by atoms with E-state index in [1.54, 1.807) is 10.9 Å². The molecule has 2 aromatic rings. The van der Waals surface area contributed by atoms with Crippen molar-refractivity contribution in [2.24, 2.45) is 0 Å². The van der Waals surface area contributed by atoms with Gasteiger partial charge in [-0.3, -0.25) is 19.1 Å². The zero-order chi connectivity index (χ0) is 18.1. The molecule has 0 bridgehead atoms. The van der Waals surface area contributed by atoms with Crippen molar-refractivity contribution in [3.8, 4) is 0 Å². The van der Waals surface area contributed by atoms with E-state index in [1.165, 1.54) is 0 Å². The van der Waals surface area contributed by atoms with E-state index in [2.05, 4.69) is 9.88 Å². The van der Waals surface area contributed by atoms with Gasteiger partial charge in [-0.1, -0.05) is 18.2 Å². The number of aryl methyl sites for hydroxylation is 1. The topological polar surface area (TPSA) is 58.4 Å². The average molecular weight is 352 g/mol. The Morgan fingerprint density at radius 1 is 1.15 bits per heavy atom. The van der Waals surface area contributed by atoms with Crippen molar-refractivity contribution in [3.05, 3.63) is 58.3 Å². The van der Waals surface area contributed by atoms with E-state index in [1.807, 2.05) is 42.2 Å². The molecule has 0 spiro atoms. The molecule has 3 heterocycles. The van der Waals surface area contributed by atoms with Gasteiger partial charge in [0.15, 0.2) is 0 Å². The van der Waals surface area contributed by atoms with E-state index in [-0.39, 0.29) is 17.5 Å². The first kappa shape index (κ1) is 17.0. The second-order valence-electron chi connectivity index (χ2n) is 6.96. The molecule has 6 heteroatoms. The fraction of sp³-hybridized carbons (Fsp3) is 0.450. The lowest BCUT2D eigenvalue weighted by Gasteiger charge is -2.40. The van der Waals surface area contributed by atoms with Gasteiger partial charge in [0.05, 0.1) is 18.1 Å². The molecule has 1 fully saturated rings. The number of nitrogens with zero attached hydrogens (tertiary/aromatic N) is 4. The first-order valence-corrected chi connectivity index (χ1v) is 9.36. The molecule has 136 valence electrons. The van der Waals surface area contributed by atoms with Crippen LogP contribution in [0.25, 0.3) is 0 Å². The molecule has 0 aliphatic carbocycles. The number of rotatable bonds is 3. The maximum Gasteiger partial charge on any atom is 0.256 e. The van der Waals surface area contributed by atoms with Crippen LogP contribution in [0.2, 0.25) is 0 Å². The Bertz CT molecular complexity index is 862. The summed E-state index contributed by atoms with van der Waals surface area (Å²) in [4.78, 5) is 34.1. The summed E-state index contributed by atoms with van der Waals surface area (Å²) in [5, 5.41) is 0. The molecule has 0 radical (unpaired) electrons. The molecule has 0 saturated carbocycles. The summed E-state index contributed by atoms with van der Waals surface area (Å²) < 4.78 is 1.65. The van der Waals surface area contributed by atoms with Crippen molar-refractivity contribution in [1.29, 1.82) is 0 Å². The minimum atomic E-state index is -0.132. The van der Waals surface area contributed by atoms with Crippen LogP contribution in [-0.4, -0.2) is 39.5 Å². The zero-order valence-electron chi connectivity index (χ0n) is 15.1. The molecule has 1 amide bonds. The molecular weight excluding hydrogens is 328 g/mol. The number of piperidine rings is 1. The number of carbonyl (C=O) groups excluding carboxylic acids is 1. The lowest BCUT2D eigenvalue weighted by molar-refractivity contribution is -0.125. The summed E-state index contributed by atoms with van der Waals surface area (Å²) in [6.45, 7) is 4.66. The van der Waals surface area contributed by atoms with E-state index in [9.17, 15) is 9.59 Å². The van der Waals surface area contributed by atoms with Crippen LogP contribution in [0.15, 0.2) is 41.5 Å². The predicted octanol–water partition coefficient (Wildman–Crippen LogP) is 1.82. The standard InChI is InChI=1S/C20H24N4O2/c1-2-22-14-21-17-13-23(12-10-16(17)19(22)25)18-9-6-11-24(20(18)26)15-7-4-3-5-8-15/h3-5,7-8,14,18H,2,6,9-13H2,1H3. The first-order valence-electron chi connectivity index (χ1n) is 9.36. The summed E-state index contributed by atoms with van der Waals surface area (Å²) in [6, 6.07) is 9.73. The highest BCUT2D eigenvalue weighted by molar-refractivity contribution is 5.97. The quantitative estimate of drug-likeness (QED) is 0.845. The van der Waals surface area contributed by atoms with Gasteiger partial charge in [0.2, 0.25) is 5.91 Å². The highest BCUT2D eigenvalue weighted by atomic mass is 16.2. The maximum absolute atomic E-state index is 13.1. The van der Waals surface area contributed by atoms with Crippen LogP contribution < -0.4 is 10.5 Å². The summed E-state index contributed by atoms with van der Waals surface area (Å²) in [7, 11) is 0. The van der Waals surface area contributed by atoms with Crippen molar-refractivity contribution >= 4 is 11.6 Å². The summed E-state index contributed by atoms with van der Waals surface area (Å²) in [5.41, 5.74) is 2.67. The third kappa shape index (κ3) is 2.94. The summed E-state index contributed by atoms with van der Waals surface area (Å²) >= 11 is 0. The molecule has 6 nitrogen and oxygen atoms in total.